The van der Waals surface area contributed by atoms with Crippen molar-refractivity contribution in [2.75, 3.05) is 39.3 Å². The lowest BCUT2D eigenvalue weighted by Crippen LogP contribution is -2.43. The molecule has 0 radical (unpaired) electrons. The Morgan fingerprint density at radius 1 is 0.300 bits per heavy atom. The van der Waals surface area contributed by atoms with Crippen LogP contribution < -0.4 is 0 Å². The molecule has 2 heterocycles. The van der Waals surface area contributed by atoms with E-state index in [9.17, 15) is 33.7 Å². The maximum absolute atomic E-state index is 14.4. The quantitative estimate of drug-likeness (QED) is 0.172. The molecule has 5 aromatic rings. The number of rotatable bonds is 8. The number of aryl methyl sites for hydroxylation is 4. The summed E-state index contributed by atoms with van der Waals surface area (Å²) in [7, 11) is -16.5. The average molecular weight is 893 g/mol. The van der Waals surface area contributed by atoms with Gasteiger partial charge in [0.2, 0.25) is 40.1 Å². The molecule has 0 saturated carbocycles. The Morgan fingerprint density at radius 2 is 0.517 bits per heavy atom. The van der Waals surface area contributed by atoms with Crippen LogP contribution in [0, 0.1) is 27.7 Å². The molecule has 2 aliphatic heterocycles. The van der Waals surface area contributed by atoms with Gasteiger partial charge in [0.15, 0.2) is 0 Å². The normalized spacial score (nSPS) is 16.9. The van der Waals surface area contributed by atoms with E-state index in [0.717, 1.165) is 22.3 Å². The molecule has 0 amide bonds. The molecule has 0 atom stereocenters. The van der Waals surface area contributed by atoms with Gasteiger partial charge in [-0.2, -0.15) is 17.2 Å². The van der Waals surface area contributed by atoms with Crippen molar-refractivity contribution in [2.24, 2.45) is 0 Å². The SMILES string of the molecule is Cc1ccc(S(=O)(=O)N2CCCN(S(=O)(=O)c3ccc(C)cc3)Cc3ccc(cc3)CN(S(=O)(=O)c3ccc(C)cc3)CCCN(S(=O)(=O)c3ccc(C)cc3)CC2)cc1. The fourth-order valence-corrected chi connectivity index (χ4v) is 12.8. The van der Waals surface area contributed by atoms with Crippen molar-refractivity contribution in [3.8, 4) is 0 Å². The number of benzene rings is 5. The third-order valence-electron chi connectivity index (χ3n) is 10.6. The summed E-state index contributed by atoms with van der Waals surface area (Å²) in [6, 6.07) is 32.8. The molecule has 320 valence electrons. The Kier molecular flexibility index (Phi) is 14.2. The van der Waals surface area contributed by atoms with Gasteiger partial charge in [0.25, 0.3) is 0 Å². The van der Waals surface area contributed by atoms with Gasteiger partial charge < -0.3 is 0 Å². The molecule has 0 N–H and O–H groups in total. The van der Waals surface area contributed by atoms with Crippen molar-refractivity contribution in [2.45, 2.75) is 73.2 Å². The summed E-state index contributed by atoms with van der Waals surface area (Å²) < 4.78 is 119. The Bertz CT molecular complexity index is 2500. The zero-order valence-corrected chi connectivity index (χ0v) is 37.6. The van der Waals surface area contributed by atoms with Gasteiger partial charge in [-0.05, 0) is 100 Å². The predicted octanol–water partition coefficient (Wildman–Crippen LogP) is 6.48. The first-order valence-electron chi connectivity index (χ1n) is 19.7. The van der Waals surface area contributed by atoms with Crippen LogP contribution in [-0.2, 0) is 53.2 Å². The summed E-state index contributed by atoms with van der Waals surface area (Å²) in [5, 5.41) is 0. The monoisotopic (exact) mass is 892 g/mol. The molecule has 7 rings (SSSR count). The maximum atomic E-state index is 14.4. The van der Waals surface area contributed by atoms with E-state index in [1.165, 1.54) is 41.5 Å². The minimum Gasteiger partial charge on any atom is -0.207 e. The second kappa shape index (κ2) is 18.8. The Labute approximate surface area is 356 Å². The van der Waals surface area contributed by atoms with E-state index >= 15 is 0 Å². The highest BCUT2D eigenvalue weighted by molar-refractivity contribution is 7.90. The molecular weight excluding hydrogens is 841 g/mol. The van der Waals surface area contributed by atoms with Crippen LogP contribution in [0.25, 0.3) is 0 Å². The van der Waals surface area contributed by atoms with Crippen LogP contribution in [0.1, 0.15) is 46.2 Å². The highest BCUT2D eigenvalue weighted by atomic mass is 32.2. The lowest BCUT2D eigenvalue weighted by molar-refractivity contribution is 0.313. The number of sulfonamides is 4. The van der Waals surface area contributed by atoms with Gasteiger partial charge in [-0.1, -0.05) is 95.1 Å². The number of nitrogens with zero attached hydrogens (tertiary/aromatic N) is 4. The van der Waals surface area contributed by atoms with Gasteiger partial charge in [0.05, 0.1) is 19.6 Å². The zero-order chi connectivity index (χ0) is 43.3. The lowest BCUT2D eigenvalue weighted by Gasteiger charge is -2.29. The van der Waals surface area contributed by atoms with Gasteiger partial charge in [-0.25, -0.2) is 33.7 Å². The van der Waals surface area contributed by atoms with Crippen LogP contribution in [0.4, 0.5) is 0 Å². The Morgan fingerprint density at radius 3 is 0.767 bits per heavy atom. The van der Waals surface area contributed by atoms with Crippen molar-refractivity contribution in [1.29, 1.82) is 0 Å². The van der Waals surface area contributed by atoms with Gasteiger partial charge >= 0.3 is 0 Å². The van der Waals surface area contributed by atoms with Crippen LogP contribution in [0.3, 0.4) is 0 Å². The van der Waals surface area contributed by atoms with Gasteiger partial charge in [-0.3, -0.25) is 0 Å². The van der Waals surface area contributed by atoms with Crippen LogP contribution in [0.2, 0.25) is 0 Å². The third kappa shape index (κ3) is 10.6. The number of fused-ring (bicyclic) bond motifs is 15. The average Bonchev–Trinajstić information content (AvgIpc) is 3.21. The second-order valence-electron chi connectivity index (χ2n) is 15.3. The van der Waals surface area contributed by atoms with Crippen molar-refractivity contribution in [1.82, 2.24) is 17.2 Å². The van der Waals surface area contributed by atoms with Crippen LogP contribution in [0.5, 0.6) is 0 Å². The Balaban J connectivity index is 1.43. The fourth-order valence-electron chi connectivity index (χ4n) is 6.94. The van der Waals surface area contributed by atoms with Crippen molar-refractivity contribution >= 4 is 40.1 Å². The van der Waals surface area contributed by atoms with E-state index in [0.29, 0.717) is 11.1 Å². The first kappa shape index (κ1) is 45.3. The molecule has 60 heavy (non-hydrogen) atoms. The molecule has 16 heteroatoms. The summed E-state index contributed by atoms with van der Waals surface area (Å²) in [4.78, 5) is 0.212. The van der Waals surface area contributed by atoms with E-state index < -0.39 is 40.1 Å². The van der Waals surface area contributed by atoms with E-state index in [2.05, 4.69) is 0 Å². The van der Waals surface area contributed by atoms with E-state index in [1.54, 1.807) is 97.1 Å². The standard InChI is InChI=1S/C44H52N4O8S4/c1-35-7-19-41(20-8-35)57(49,50)45-27-5-29-47(59(53,54)43-23-11-37(3)12-24-43)33-39-15-17-40(18-16-39)34-48(60(55,56)44-25-13-38(4)14-26-44)30-6-28-46(32-31-45)58(51,52)42-21-9-36(2)10-22-42/h7-26H,5-6,27-34H2,1-4H3. The number of hydrogen-bond acceptors (Lipinski definition) is 8. The zero-order valence-electron chi connectivity index (χ0n) is 34.3. The fraction of sp³-hybridized carbons (Fsp3) is 0.318. The van der Waals surface area contributed by atoms with Gasteiger partial charge in [-0.15, -0.1) is 0 Å². The van der Waals surface area contributed by atoms with Crippen LogP contribution >= 0.6 is 0 Å². The summed E-state index contributed by atoms with van der Waals surface area (Å²) in [5.41, 5.74) is 4.80. The molecule has 0 aromatic heterocycles. The van der Waals surface area contributed by atoms with E-state index in [1.807, 2.05) is 27.7 Å². The number of hydrogen-bond donors (Lipinski definition) is 0. The molecule has 2 bridgehead atoms. The topological polar surface area (TPSA) is 150 Å². The highest BCUT2D eigenvalue weighted by Crippen LogP contribution is 2.25. The second-order valence-corrected chi connectivity index (χ2v) is 23.0. The molecule has 0 unspecified atom stereocenters. The van der Waals surface area contributed by atoms with Crippen LogP contribution in [-0.4, -0.2) is 90.2 Å². The first-order valence-corrected chi connectivity index (χ1v) is 25.5. The summed E-state index contributed by atoms with van der Waals surface area (Å²) >= 11 is 0. The lowest BCUT2D eigenvalue weighted by atomic mass is 10.1. The maximum Gasteiger partial charge on any atom is 0.243 e. The third-order valence-corrected chi connectivity index (χ3v) is 18.1. The largest absolute Gasteiger partial charge is 0.243 e. The summed E-state index contributed by atoms with van der Waals surface area (Å²) in [6.07, 6.45) is 0.204. The smallest absolute Gasteiger partial charge is 0.207 e. The van der Waals surface area contributed by atoms with Crippen molar-refractivity contribution < 1.29 is 33.7 Å². The van der Waals surface area contributed by atoms with E-state index in [-0.39, 0.29) is 84.8 Å². The van der Waals surface area contributed by atoms with Gasteiger partial charge in [0.1, 0.15) is 0 Å². The molecule has 5 aromatic carbocycles. The summed E-state index contributed by atoms with van der Waals surface area (Å²) in [6.45, 7) is 6.50. The Hall–Kier alpha value is -4.26. The molecule has 12 nitrogen and oxygen atoms in total. The van der Waals surface area contributed by atoms with Crippen LogP contribution in [0.15, 0.2) is 141 Å². The molecular formula is C44H52N4O8S4. The minimum absolute atomic E-state index is 0.0179. The molecule has 0 fully saturated rings. The molecule has 0 aliphatic carbocycles. The van der Waals surface area contributed by atoms with E-state index in [4.69, 9.17) is 0 Å². The highest BCUT2D eigenvalue weighted by Gasteiger charge is 2.32. The molecule has 0 saturated heterocycles. The molecule has 2 aliphatic rings. The minimum atomic E-state index is -4.20. The van der Waals surface area contributed by atoms with Gasteiger partial charge in [0, 0.05) is 52.4 Å². The van der Waals surface area contributed by atoms with Crippen molar-refractivity contribution in [3.05, 3.63) is 155 Å². The first-order chi connectivity index (χ1) is 28.4. The van der Waals surface area contributed by atoms with Crippen molar-refractivity contribution in [3.63, 3.8) is 0 Å². The summed E-state index contributed by atoms with van der Waals surface area (Å²) in [5.74, 6) is 0. The predicted molar refractivity (Wildman–Crippen MR) is 233 cm³/mol. The molecule has 0 spiro atoms.